The molecule has 2 fully saturated rings. The minimum Gasteiger partial charge on any atom is -0.508 e. The fourth-order valence-corrected chi connectivity index (χ4v) is 9.85. The summed E-state index contributed by atoms with van der Waals surface area (Å²) < 4.78 is 0. The number of hydrogen-bond donors (Lipinski definition) is 15. The van der Waals surface area contributed by atoms with Crippen molar-refractivity contribution in [1.29, 1.82) is 0 Å². The number of nitrogens with two attached hydrogens (primary N) is 1. The van der Waals surface area contributed by atoms with Gasteiger partial charge < -0.3 is 92.9 Å². The highest BCUT2D eigenvalue weighted by Gasteiger charge is 2.49. The van der Waals surface area contributed by atoms with Crippen molar-refractivity contribution in [2.45, 2.75) is 145 Å². The first-order valence-corrected chi connectivity index (χ1v) is 27.3. The van der Waals surface area contributed by atoms with E-state index in [1.807, 2.05) is 36.4 Å². The Hall–Kier alpha value is -7.39. The maximum atomic E-state index is 14.4. The molecule has 24 heteroatoms. The molecule has 2 aliphatic heterocycles. The number of aldehydes is 1. The lowest BCUT2D eigenvalue weighted by Crippen LogP contribution is -2.64. The van der Waals surface area contributed by atoms with Gasteiger partial charge in [-0.3, -0.25) is 28.8 Å². The average molecular weight is 1140 g/mol. The number of likely N-dealkylation sites (tertiary alicyclic amines) is 2. The zero-order chi connectivity index (χ0) is 60.1. The Balaban J connectivity index is 1.08. The van der Waals surface area contributed by atoms with Gasteiger partial charge in [0.1, 0.15) is 60.6 Å². The monoisotopic (exact) mass is 1140 g/mol. The number of rotatable bonds is 26. The summed E-state index contributed by atoms with van der Waals surface area (Å²) in [5.41, 5.74) is 10.8. The Labute approximate surface area is 474 Å². The summed E-state index contributed by atoms with van der Waals surface area (Å²) in [5.74, 6) is -7.67. The number of phenolic OH excluding ortho intramolecular Hbond substituents is 1. The molecule has 6 amide bonds. The van der Waals surface area contributed by atoms with E-state index in [4.69, 9.17) is 5.73 Å². The van der Waals surface area contributed by atoms with E-state index >= 15 is 0 Å². The molecule has 2 saturated heterocycles. The number of nitrogens with one attached hydrogen (secondary N) is 5. The molecule has 82 heavy (non-hydrogen) atoms. The third kappa shape index (κ3) is 16.0. The first kappa shape index (κ1) is 63.8. The predicted molar refractivity (Wildman–Crippen MR) is 298 cm³/mol. The van der Waals surface area contributed by atoms with Crippen LogP contribution in [0.3, 0.4) is 0 Å². The van der Waals surface area contributed by atoms with E-state index in [0.717, 1.165) is 76.2 Å². The van der Waals surface area contributed by atoms with Gasteiger partial charge in [0.15, 0.2) is 6.23 Å². The van der Waals surface area contributed by atoms with E-state index in [2.05, 4.69) is 45.6 Å². The molecule has 4 unspecified atom stereocenters. The molecule has 2 heterocycles. The van der Waals surface area contributed by atoms with Gasteiger partial charge in [0.05, 0.1) is 30.5 Å². The van der Waals surface area contributed by atoms with Crippen molar-refractivity contribution in [3.63, 3.8) is 0 Å². The fourth-order valence-electron chi connectivity index (χ4n) is 9.85. The second-order valence-corrected chi connectivity index (χ2v) is 21.1. The number of phenols is 1. The third-order valence-electron chi connectivity index (χ3n) is 14.8. The summed E-state index contributed by atoms with van der Waals surface area (Å²) in [5, 5.41) is 110. The van der Waals surface area contributed by atoms with E-state index in [0.29, 0.717) is 6.29 Å². The van der Waals surface area contributed by atoms with Gasteiger partial charge in [0.2, 0.25) is 29.5 Å². The van der Waals surface area contributed by atoms with Gasteiger partial charge in [0.25, 0.3) is 5.91 Å². The molecular weight excluding hydrogens is 1060 g/mol. The Morgan fingerprint density at radius 3 is 1.80 bits per heavy atom. The van der Waals surface area contributed by atoms with Crippen molar-refractivity contribution >= 4 is 47.4 Å². The number of anilines is 1. The number of carbonyl (C=O) groups excluding carboxylic acids is 7. The lowest BCUT2D eigenvalue weighted by Gasteiger charge is -2.34. The number of aliphatic hydroxyl groups excluding tert-OH is 8. The highest BCUT2D eigenvalue weighted by Crippen LogP contribution is 2.29. The highest BCUT2D eigenvalue weighted by molar-refractivity contribution is 5.98. The number of nitrogens with zero attached hydrogens (tertiary/aromatic N) is 2. The lowest BCUT2D eigenvalue weighted by molar-refractivity contribution is -0.148. The van der Waals surface area contributed by atoms with Crippen LogP contribution in [0.2, 0.25) is 0 Å². The standard InChI is InChI=1S/C58H76N8O16/c1-5-6-7-24-60-39-20-16-36(17-21-39)34-10-8-33(9-11-34)35-12-14-38(15-13-35)52(76)61-40(29-67)25-44(72)54(78)64-56(80)48-49(73)30(2)27-66(48)58(82)46(32(4)69)62-55(79)47(51(75)50(74)37-18-22-41(70)23-19-37)63-53(77)43-26-42(71)28-65(43)57(81)45(59)31(3)68/h8-23,29-32,40,42-51,54,60,68-75,78H,5-7,24-28,59H2,1-4H3,(H,61,76)(H,62,79)(H,63,77)(H,64,80)/t30-,31+,32+,40-,42+,43-,44+,45?,46?,47?,48?,49-,50-,51-,54+/m0/s1. The van der Waals surface area contributed by atoms with Gasteiger partial charge in [-0.2, -0.15) is 0 Å². The first-order valence-electron chi connectivity index (χ1n) is 27.3. The zero-order valence-corrected chi connectivity index (χ0v) is 46.0. The van der Waals surface area contributed by atoms with Crippen molar-refractivity contribution in [2.24, 2.45) is 11.7 Å². The van der Waals surface area contributed by atoms with Crippen LogP contribution in [0.1, 0.15) is 81.8 Å². The largest absolute Gasteiger partial charge is 0.508 e. The molecule has 4 aromatic carbocycles. The van der Waals surface area contributed by atoms with Gasteiger partial charge in [-0.25, -0.2) is 0 Å². The van der Waals surface area contributed by atoms with E-state index in [1.54, 1.807) is 24.3 Å². The maximum Gasteiger partial charge on any atom is 0.251 e. The van der Waals surface area contributed by atoms with Crippen LogP contribution < -0.4 is 32.3 Å². The molecule has 6 rings (SSSR count). The Morgan fingerprint density at radius 1 is 0.683 bits per heavy atom. The van der Waals surface area contributed by atoms with Crippen molar-refractivity contribution < 1.29 is 79.5 Å². The van der Waals surface area contributed by atoms with Gasteiger partial charge in [-0.15, -0.1) is 0 Å². The zero-order valence-electron chi connectivity index (χ0n) is 46.0. The number of amides is 6. The second kappa shape index (κ2) is 29.0. The average Bonchev–Trinajstić information content (AvgIpc) is 4.15. The summed E-state index contributed by atoms with van der Waals surface area (Å²) in [4.78, 5) is 96.7. The summed E-state index contributed by atoms with van der Waals surface area (Å²) in [7, 11) is 0. The number of aromatic hydroxyl groups is 1. The summed E-state index contributed by atoms with van der Waals surface area (Å²) >= 11 is 0. The molecule has 15 atom stereocenters. The van der Waals surface area contributed by atoms with Gasteiger partial charge >= 0.3 is 0 Å². The maximum absolute atomic E-state index is 14.4. The Morgan fingerprint density at radius 2 is 1.26 bits per heavy atom. The van der Waals surface area contributed by atoms with Crippen LogP contribution in [0.4, 0.5) is 5.69 Å². The van der Waals surface area contributed by atoms with Crippen LogP contribution in [-0.2, 0) is 28.8 Å². The molecule has 24 nitrogen and oxygen atoms in total. The number of benzene rings is 4. The van der Waals surface area contributed by atoms with E-state index in [-0.39, 0.29) is 29.8 Å². The molecule has 0 bridgehead atoms. The van der Waals surface area contributed by atoms with Gasteiger partial charge in [-0.1, -0.05) is 87.4 Å². The third-order valence-corrected chi connectivity index (χ3v) is 14.8. The number of β-amino-alcohol motifs (C(OH)–C–C–N with tert-alkyl or cyclic N) is 1. The van der Waals surface area contributed by atoms with Crippen LogP contribution in [0.5, 0.6) is 5.75 Å². The van der Waals surface area contributed by atoms with Gasteiger partial charge in [-0.05, 0) is 84.5 Å². The van der Waals surface area contributed by atoms with E-state index < -0.39 is 140 Å². The smallest absolute Gasteiger partial charge is 0.251 e. The predicted octanol–water partition coefficient (Wildman–Crippen LogP) is -0.866. The fraction of sp³-hybridized carbons (Fsp3) is 0.466. The molecule has 0 saturated carbocycles. The molecule has 0 radical (unpaired) electrons. The minimum absolute atomic E-state index is 0.0627. The Kier molecular flexibility index (Phi) is 22.6. The SMILES string of the molecule is CCCCCNc1ccc(-c2ccc(-c3ccc(C(=O)N[C@H](C=O)C[C@@H](O)[C@@H](O)NC(=O)C4[C@@H](O)[C@@H](C)CN4C(=O)C(NC(=O)C(NC(=O)[C@@H]4C[C@@H](O)CN4C(=O)C(N)[C@@H](C)O)[C@H](O)[C@@H](O)c4ccc(O)cc4)[C@@H](C)O)cc3)cc2)cc1. The molecule has 16 N–H and O–H groups in total. The molecular formula is C58H76N8O16. The van der Waals surface area contributed by atoms with Crippen molar-refractivity contribution in [3.8, 4) is 28.0 Å². The number of aliphatic hydroxyl groups is 8. The van der Waals surface area contributed by atoms with Crippen molar-refractivity contribution in [2.75, 3.05) is 25.0 Å². The van der Waals surface area contributed by atoms with Crippen LogP contribution in [0.25, 0.3) is 22.3 Å². The number of hydrogen-bond acceptors (Lipinski definition) is 18. The second-order valence-electron chi connectivity index (χ2n) is 21.1. The minimum atomic E-state index is -2.26. The highest BCUT2D eigenvalue weighted by atomic mass is 16.3. The summed E-state index contributed by atoms with van der Waals surface area (Å²) in [6.45, 7) is 6.06. The Bertz CT molecular complexity index is 2810. The summed E-state index contributed by atoms with van der Waals surface area (Å²) in [6, 6.07) is 16.9. The molecule has 4 aromatic rings. The van der Waals surface area contributed by atoms with E-state index in [9.17, 15) is 79.5 Å². The normalized spacial score (nSPS) is 21.5. The molecule has 0 aliphatic carbocycles. The lowest BCUT2D eigenvalue weighted by atomic mass is 9.96. The number of unbranched alkanes of at least 4 members (excludes halogenated alkanes) is 2. The van der Waals surface area contributed by atoms with Crippen molar-refractivity contribution in [3.05, 3.63) is 108 Å². The first-order chi connectivity index (χ1) is 38.9. The van der Waals surface area contributed by atoms with Crippen LogP contribution in [0, 0.1) is 5.92 Å². The summed E-state index contributed by atoms with van der Waals surface area (Å²) in [6.07, 6.45) is -11.6. The molecule has 444 valence electrons. The molecule has 2 aliphatic rings. The van der Waals surface area contributed by atoms with E-state index in [1.165, 1.54) is 32.4 Å². The van der Waals surface area contributed by atoms with Crippen LogP contribution in [0.15, 0.2) is 97.1 Å². The van der Waals surface area contributed by atoms with Crippen molar-refractivity contribution in [1.82, 2.24) is 31.1 Å². The topological polar surface area (TPSA) is 394 Å². The number of carbonyl (C=O) groups is 7. The van der Waals surface area contributed by atoms with Crippen LogP contribution in [-0.4, -0.2) is 196 Å². The van der Waals surface area contributed by atoms with Crippen LogP contribution >= 0.6 is 0 Å². The van der Waals surface area contributed by atoms with Gasteiger partial charge in [0, 0.05) is 49.6 Å². The molecule has 0 spiro atoms. The molecule has 0 aromatic heterocycles. The quantitative estimate of drug-likeness (QED) is 0.0206.